The third-order valence-electron chi connectivity index (χ3n) is 4.24. The van der Waals surface area contributed by atoms with Crippen molar-refractivity contribution < 1.29 is 0 Å². The summed E-state index contributed by atoms with van der Waals surface area (Å²) in [5.41, 5.74) is 4.72. The summed E-state index contributed by atoms with van der Waals surface area (Å²) in [4.78, 5) is 11.4. The maximum atomic E-state index is 9.61. The summed E-state index contributed by atoms with van der Waals surface area (Å²) >= 11 is 4.89. The molecule has 0 spiro atoms. The van der Waals surface area contributed by atoms with E-state index in [0.717, 1.165) is 37.6 Å². The third-order valence-corrected chi connectivity index (χ3v) is 7.38. The highest BCUT2D eigenvalue weighted by Gasteiger charge is 2.10. The third kappa shape index (κ3) is 4.67. The molecule has 29 heavy (non-hydrogen) atoms. The molecule has 0 aliphatic carbocycles. The second-order valence-electron chi connectivity index (χ2n) is 6.54. The van der Waals surface area contributed by atoms with Crippen molar-refractivity contribution in [2.24, 2.45) is 0 Å². The number of benzene rings is 2. The van der Waals surface area contributed by atoms with E-state index in [2.05, 4.69) is 27.0 Å². The number of thioether (sulfide) groups is 1. The summed E-state index contributed by atoms with van der Waals surface area (Å²) in [5, 5.41) is 12.4. The van der Waals surface area contributed by atoms with Crippen molar-refractivity contribution in [1.82, 2.24) is 9.97 Å². The standard InChI is InChI=1S/C22H18N4S3/c1-26(2)18-9-7-15(8-10-18)11-16(12-23)21-24-17(13-27-21)14-28-22-25-19-5-3-4-6-20(19)29-22/h3-11,13H,14H2,1-2H3/b16-11+. The van der Waals surface area contributed by atoms with Gasteiger partial charge >= 0.3 is 0 Å². The van der Waals surface area contributed by atoms with Gasteiger partial charge in [0.1, 0.15) is 11.1 Å². The van der Waals surface area contributed by atoms with Crippen LogP contribution in [0.15, 0.2) is 58.3 Å². The minimum absolute atomic E-state index is 0.587. The van der Waals surface area contributed by atoms with Gasteiger partial charge < -0.3 is 4.90 Å². The zero-order valence-corrected chi connectivity index (χ0v) is 18.4. The fraction of sp³-hybridized carbons (Fsp3) is 0.136. The number of allylic oxidation sites excluding steroid dienone is 1. The molecule has 0 bridgehead atoms. The van der Waals surface area contributed by atoms with E-state index < -0.39 is 0 Å². The second-order valence-corrected chi connectivity index (χ2v) is 9.65. The summed E-state index contributed by atoms with van der Waals surface area (Å²) in [6, 6.07) is 18.6. The Labute approximate surface area is 182 Å². The lowest BCUT2D eigenvalue weighted by Gasteiger charge is -2.11. The van der Waals surface area contributed by atoms with E-state index >= 15 is 0 Å². The first-order valence-corrected chi connectivity index (χ1v) is 11.6. The molecule has 2 aromatic heterocycles. The van der Waals surface area contributed by atoms with E-state index in [1.807, 2.05) is 68.0 Å². The molecule has 0 radical (unpaired) electrons. The summed E-state index contributed by atoms with van der Waals surface area (Å²) in [5.74, 6) is 0.743. The molecule has 0 fully saturated rings. The van der Waals surface area contributed by atoms with Gasteiger partial charge in [0, 0.05) is 30.9 Å². The van der Waals surface area contributed by atoms with E-state index in [1.165, 1.54) is 16.0 Å². The van der Waals surface area contributed by atoms with Crippen LogP contribution in [-0.4, -0.2) is 24.1 Å². The first-order valence-electron chi connectivity index (χ1n) is 8.95. The van der Waals surface area contributed by atoms with Crippen LogP contribution in [0.4, 0.5) is 5.69 Å². The molecule has 0 saturated carbocycles. The SMILES string of the molecule is CN(C)c1ccc(/C=C(\C#N)c2nc(CSc3nc4ccccc4s3)cs2)cc1. The Hall–Kier alpha value is -2.66. The number of nitrogens with zero attached hydrogens (tertiary/aromatic N) is 4. The number of nitriles is 1. The zero-order valence-electron chi connectivity index (χ0n) is 16.0. The highest BCUT2D eigenvalue weighted by atomic mass is 32.2. The monoisotopic (exact) mass is 434 g/mol. The van der Waals surface area contributed by atoms with Gasteiger partial charge in [0.25, 0.3) is 0 Å². The Balaban J connectivity index is 1.47. The van der Waals surface area contributed by atoms with Crippen LogP contribution in [0.3, 0.4) is 0 Å². The van der Waals surface area contributed by atoms with Crippen LogP contribution in [0.5, 0.6) is 0 Å². The number of hydrogen-bond acceptors (Lipinski definition) is 7. The highest BCUT2D eigenvalue weighted by Crippen LogP contribution is 2.32. The molecule has 0 unspecified atom stereocenters. The van der Waals surface area contributed by atoms with E-state index in [4.69, 9.17) is 0 Å². The van der Waals surface area contributed by atoms with Crippen LogP contribution in [0, 0.1) is 11.3 Å². The summed E-state index contributed by atoms with van der Waals surface area (Å²) in [6.45, 7) is 0. The van der Waals surface area contributed by atoms with E-state index in [1.54, 1.807) is 23.1 Å². The normalized spacial score (nSPS) is 11.6. The number of aromatic nitrogens is 2. The molecule has 0 aliphatic rings. The molecule has 0 amide bonds. The van der Waals surface area contributed by atoms with E-state index in [-0.39, 0.29) is 0 Å². The Kier molecular flexibility index (Phi) is 5.95. The van der Waals surface area contributed by atoms with Crippen molar-refractivity contribution in [3.63, 3.8) is 0 Å². The smallest absolute Gasteiger partial charge is 0.151 e. The molecule has 4 nitrogen and oxygen atoms in total. The van der Waals surface area contributed by atoms with Crippen LogP contribution in [0.1, 0.15) is 16.3 Å². The fourth-order valence-corrected chi connectivity index (χ4v) is 5.57. The molecule has 0 saturated heterocycles. The van der Waals surface area contributed by atoms with Crippen molar-refractivity contribution in [3.05, 3.63) is 70.2 Å². The number of rotatable bonds is 6. The average molecular weight is 435 g/mol. The highest BCUT2D eigenvalue weighted by molar-refractivity contribution is 8.00. The van der Waals surface area contributed by atoms with Crippen LogP contribution < -0.4 is 4.90 Å². The van der Waals surface area contributed by atoms with Crippen molar-refractivity contribution in [3.8, 4) is 6.07 Å². The minimum Gasteiger partial charge on any atom is -0.378 e. The van der Waals surface area contributed by atoms with Crippen LogP contribution in [0.25, 0.3) is 21.9 Å². The van der Waals surface area contributed by atoms with E-state index in [0.29, 0.717) is 5.57 Å². The van der Waals surface area contributed by atoms with Crippen molar-refractivity contribution in [2.45, 2.75) is 10.1 Å². The number of fused-ring (bicyclic) bond motifs is 1. The number of thiazole rings is 2. The second kappa shape index (κ2) is 8.78. The maximum Gasteiger partial charge on any atom is 0.151 e. The van der Waals surface area contributed by atoms with Crippen LogP contribution >= 0.6 is 34.4 Å². The van der Waals surface area contributed by atoms with Gasteiger partial charge in [0.15, 0.2) is 4.34 Å². The predicted molar refractivity (Wildman–Crippen MR) is 126 cm³/mol. The Morgan fingerprint density at radius 1 is 1.14 bits per heavy atom. The molecule has 4 aromatic rings. The number of para-hydroxylation sites is 1. The van der Waals surface area contributed by atoms with Gasteiger partial charge in [0.2, 0.25) is 0 Å². The molecule has 0 atom stereocenters. The van der Waals surface area contributed by atoms with Crippen molar-refractivity contribution in [2.75, 3.05) is 19.0 Å². The molecule has 0 N–H and O–H groups in total. The van der Waals surface area contributed by atoms with Gasteiger partial charge in [-0.15, -0.1) is 22.7 Å². The Morgan fingerprint density at radius 3 is 2.66 bits per heavy atom. The first kappa shape index (κ1) is 19.6. The maximum absolute atomic E-state index is 9.61. The summed E-state index contributed by atoms with van der Waals surface area (Å²) in [6.07, 6.45) is 1.89. The largest absolute Gasteiger partial charge is 0.378 e. The van der Waals surface area contributed by atoms with Gasteiger partial charge in [0.05, 0.1) is 21.5 Å². The lowest BCUT2D eigenvalue weighted by molar-refractivity contribution is 1.13. The van der Waals surface area contributed by atoms with Gasteiger partial charge in [-0.2, -0.15) is 5.26 Å². The molecular formula is C22H18N4S3. The minimum atomic E-state index is 0.587. The molecule has 4 rings (SSSR count). The topological polar surface area (TPSA) is 52.8 Å². The molecule has 0 aliphatic heterocycles. The molecular weight excluding hydrogens is 416 g/mol. The number of anilines is 1. The van der Waals surface area contributed by atoms with Crippen LogP contribution in [-0.2, 0) is 5.75 Å². The first-order chi connectivity index (χ1) is 14.1. The lowest BCUT2D eigenvalue weighted by atomic mass is 10.1. The lowest BCUT2D eigenvalue weighted by Crippen LogP contribution is -2.07. The van der Waals surface area contributed by atoms with Gasteiger partial charge in [-0.05, 0) is 35.9 Å². The molecule has 144 valence electrons. The predicted octanol–water partition coefficient (Wildman–Crippen LogP) is 6.18. The Bertz CT molecular complexity index is 1160. The summed E-state index contributed by atoms with van der Waals surface area (Å²) < 4.78 is 2.24. The van der Waals surface area contributed by atoms with Crippen molar-refractivity contribution >= 4 is 62.0 Å². The molecule has 2 aromatic carbocycles. The summed E-state index contributed by atoms with van der Waals surface area (Å²) in [7, 11) is 4.02. The van der Waals surface area contributed by atoms with Crippen LogP contribution in [0.2, 0.25) is 0 Å². The zero-order chi connectivity index (χ0) is 20.2. The fourth-order valence-electron chi connectivity index (χ4n) is 2.72. The van der Waals surface area contributed by atoms with Gasteiger partial charge in [-0.25, -0.2) is 9.97 Å². The van der Waals surface area contributed by atoms with Gasteiger partial charge in [-0.1, -0.05) is 36.0 Å². The number of hydrogen-bond donors (Lipinski definition) is 0. The quantitative estimate of drug-likeness (QED) is 0.268. The molecule has 7 heteroatoms. The van der Waals surface area contributed by atoms with Gasteiger partial charge in [-0.3, -0.25) is 0 Å². The van der Waals surface area contributed by atoms with Crippen molar-refractivity contribution in [1.29, 1.82) is 5.26 Å². The average Bonchev–Trinajstić information content (AvgIpc) is 3.37. The Morgan fingerprint density at radius 2 is 1.93 bits per heavy atom. The molecule has 2 heterocycles. The van der Waals surface area contributed by atoms with E-state index in [9.17, 15) is 5.26 Å².